The Labute approximate surface area is 102 Å². The lowest BCUT2D eigenvalue weighted by Gasteiger charge is -2.34. The molecule has 1 saturated carbocycles. The van der Waals surface area contributed by atoms with Gasteiger partial charge in [0.2, 0.25) is 5.91 Å². The maximum absolute atomic E-state index is 12.0. The molecule has 0 aromatic heterocycles. The predicted octanol–water partition coefficient (Wildman–Crippen LogP) is 1.78. The van der Waals surface area contributed by atoms with Crippen LogP contribution in [0, 0.1) is 5.92 Å². The van der Waals surface area contributed by atoms with Gasteiger partial charge in [0.25, 0.3) is 0 Å². The molecule has 3 N–H and O–H groups in total. The second-order valence-corrected chi connectivity index (χ2v) is 5.11. The summed E-state index contributed by atoms with van der Waals surface area (Å²) in [5, 5.41) is 3.40. The van der Waals surface area contributed by atoms with Gasteiger partial charge in [-0.3, -0.25) is 10.1 Å². The number of amides is 1. The molecule has 0 bridgehead atoms. The number of benzene rings is 1. The predicted molar refractivity (Wildman–Crippen MR) is 68.3 cm³/mol. The van der Waals surface area contributed by atoms with Crippen molar-refractivity contribution in [2.24, 2.45) is 11.7 Å². The van der Waals surface area contributed by atoms with E-state index in [1.54, 1.807) is 0 Å². The fraction of sp³-hybridized carbons (Fsp3) is 0.500. The fourth-order valence-electron chi connectivity index (χ4n) is 2.52. The molecule has 92 valence electrons. The molecule has 0 radical (unpaired) electrons. The molecular formula is C14H20N2O. The van der Waals surface area contributed by atoms with Gasteiger partial charge in [-0.25, -0.2) is 0 Å². The Hall–Kier alpha value is -1.35. The summed E-state index contributed by atoms with van der Waals surface area (Å²) in [5.41, 5.74) is 6.00. The first kappa shape index (κ1) is 12.1. The SMILES string of the molecule is CC(C)NC(C(N)=O)(c1ccccc1)C1CC1. The van der Waals surface area contributed by atoms with E-state index in [1.165, 1.54) is 0 Å². The summed E-state index contributed by atoms with van der Waals surface area (Å²) in [7, 11) is 0. The number of primary amides is 1. The minimum absolute atomic E-state index is 0.225. The van der Waals surface area contributed by atoms with E-state index in [0.717, 1.165) is 18.4 Å². The highest BCUT2D eigenvalue weighted by Gasteiger charge is 2.51. The Morgan fingerprint density at radius 2 is 1.94 bits per heavy atom. The van der Waals surface area contributed by atoms with Gasteiger partial charge < -0.3 is 5.73 Å². The van der Waals surface area contributed by atoms with Crippen molar-refractivity contribution in [2.45, 2.75) is 38.3 Å². The average molecular weight is 232 g/mol. The van der Waals surface area contributed by atoms with Crippen LogP contribution in [0.2, 0.25) is 0 Å². The number of rotatable bonds is 5. The Kier molecular flexibility index (Phi) is 3.20. The second-order valence-electron chi connectivity index (χ2n) is 5.11. The van der Waals surface area contributed by atoms with Crippen molar-refractivity contribution in [1.29, 1.82) is 0 Å². The van der Waals surface area contributed by atoms with Crippen molar-refractivity contribution >= 4 is 5.91 Å². The minimum atomic E-state index is -0.685. The quantitative estimate of drug-likeness (QED) is 0.813. The molecule has 0 saturated heterocycles. The topological polar surface area (TPSA) is 55.1 Å². The number of nitrogens with two attached hydrogens (primary N) is 1. The van der Waals surface area contributed by atoms with Crippen molar-refractivity contribution in [1.82, 2.24) is 5.32 Å². The molecular weight excluding hydrogens is 212 g/mol. The number of nitrogens with one attached hydrogen (secondary N) is 1. The molecule has 2 rings (SSSR count). The standard InChI is InChI=1S/C14H20N2O/c1-10(2)16-14(13(15)17,12-8-9-12)11-6-4-3-5-7-11/h3-7,10,12,16H,8-9H2,1-2H3,(H2,15,17). The molecule has 17 heavy (non-hydrogen) atoms. The van der Waals surface area contributed by atoms with Gasteiger partial charge in [-0.2, -0.15) is 0 Å². The zero-order valence-corrected chi connectivity index (χ0v) is 10.4. The molecule has 0 heterocycles. The van der Waals surface area contributed by atoms with E-state index in [9.17, 15) is 4.79 Å². The van der Waals surface area contributed by atoms with E-state index in [1.807, 2.05) is 44.2 Å². The normalized spacial score (nSPS) is 19.0. The summed E-state index contributed by atoms with van der Waals surface area (Å²) in [6.45, 7) is 4.09. The van der Waals surface area contributed by atoms with Crippen LogP contribution < -0.4 is 11.1 Å². The second kappa shape index (κ2) is 4.49. The number of hydrogen-bond donors (Lipinski definition) is 2. The van der Waals surface area contributed by atoms with Crippen LogP contribution in [0.3, 0.4) is 0 Å². The van der Waals surface area contributed by atoms with Crippen LogP contribution in [0.15, 0.2) is 30.3 Å². The molecule has 1 aliphatic carbocycles. The molecule has 1 unspecified atom stereocenters. The van der Waals surface area contributed by atoms with Crippen molar-refractivity contribution in [3.05, 3.63) is 35.9 Å². The minimum Gasteiger partial charge on any atom is -0.368 e. The summed E-state index contributed by atoms with van der Waals surface area (Å²) >= 11 is 0. The van der Waals surface area contributed by atoms with Crippen LogP contribution in [0.5, 0.6) is 0 Å². The third kappa shape index (κ3) is 2.20. The summed E-state index contributed by atoms with van der Waals surface area (Å²) in [6.07, 6.45) is 2.13. The largest absolute Gasteiger partial charge is 0.368 e. The van der Waals surface area contributed by atoms with Crippen LogP contribution in [0.25, 0.3) is 0 Å². The lowest BCUT2D eigenvalue weighted by Crippen LogP contribution is -2.56. The lowest BCUT2D eigenvalue weighted by molar-refractivity contribution is -0.126. The molecule has 1 amide bonds. The van der Waals surface area contributed by atoms with Crippen LogP contribution in [-0.2, 0) is 10.3 Å². The van der Waals surface area contributed by atoms with E-state index in [-0.39, 0.29) is 11.9 Å². The van der Waals surface area contributed by atoms with Gasteiger partial charge in [0, 0.05) is 6.04 Å². The smallest absolute Gasteiger partial charge is 0.242 e. The first-order valence-electron chi connectivity index (χ1n) is 6.20. The number of carbonyl (C=O) groups is 1. The van der Waals surface area contributed by atoms with Gasteiger partial charge in [0.15, 0.2) is 0 Å². The fourth-order valence-corrected chi connectivity index (χ4v) is 2.52. The molecule has 1 aliphatic rings. The molecule has 1 aromatic rings. The van der Waals surface area contributed by atoms with E-state index in [0.29, 0.717) is 5.92 Å². The highest BCUT2D eigenvalue weighted by atomic mass is 16.1. The molecule has 1 fully saturated rings. The monoisotopic (exact) mass is 232 g/mol. The van der Waals surface area contributed by atoms with Crippen molar-refractivity contribution in [2.75, 3.05) is 0 Å². The van der Waals surface area contributed by atoms with Gasteiger partial charge in [-0.1, -0.05) is 30.3 Å². The Morgan fingerprint density at radius 1 is 1.35 bits per heavy atom. The van der Waals surface area contributed by atoms with Crippen LogP contribution >= 0.6 is 0 Å². The van der Waals surface area contributed by atoms with Gasteiger partial charge in [-0.15, -0.1) is 0 Å². The third-order valence-electron chi connectivity index (χ3n) is 3.32. The van der Waals surface area contributed by atoms with E-state index >= 15 is 0 Å². The zero-order valence-electron chi connectivity index (χ0n) is 10.4. The first-order valence-corrected chi connectivity index (χ1v) is 6.20. The molecule has 3 nitrogen and oxygen atoms in total. The van der Waals surface area contributed by atoms with Gasteiger partial charge >= 0.3 is 0 Å². The molecule has 0 aliphatic heterocycles. The number of carbonyl (C=O) groups excluding carboxylic acids is 1. The van der Waals surface area contributed by atoms with Crippen LogP contribution in [0.1, 0.15) is 32.3 Å². The first-order chi connectivity index (χ1) is 8.07. The van der Waals surface area contributed by atoms with E-state index < -0.39 is 5.54 Å². The maximum Gasteiger partial charge on any atom is 0.242 e. The number of hydrogen-bond acceptors (Lipinski definition) is 2. The Balaban J connectivity index is 2.44. The van der Waals surface area contributed by atoms with E-state index in [4.69, 9.17) is 5.73 Å². The van der Waals surface area contributed by atoms with Gasteiger partial charge in [0.05, 0.1) is 0 Å². The average Bonchev–Trinajstić information content (AvgIpc) is 3.10. The maximum atomic E-state index is 12.0. The van der Waals surface area contributed by atoms with Gasteiger partial charge in [-0.05, 0) is 38.2 Å². The van der Waals surface area contributed by atoms with Gasteiger partial charge in [0.1, 0.15) is 5.54 Å². The van der Waals surface area contributed by atoms with Crippen molar-refractivity contribution in [3.63, 3.8) is 0 Å². The summed E-state index contributed by atoms with van der Waals surface area (Å²) < 4.78 is 0. The highest BCUT2D eigenvalue weighted by molar-refractivity contribution is 5.87. The van der Waals surface area contributed by atoms with Crippen molar-refractivity contribution in [3.8, 4) is 0 Å². The van der Waals surface area contributed by atoms with Crippen LogP contribution in [-0.4, -0.2) is 11.9 Å². The highest BCUT2D eigenvalue weighted by Crippen LogP contribution is 2.45. The third-order valence-corrected chi connectivity index (χ3v) is 3.32. The van der Waals surface area contributed by atoms with Crippen molar-refractivity contribution < 1.29 is 4.79 Å². The summed E-state index contributed by atoms with van der Waals surface area (Å²) in [5.74, 6) is 0.0738. The Morgan fingerprint density at radius 3 is 2.35 bits per heavy atom. The molecule has 1 aromatic carbocycles. The van der Waals surface area contributed by atoms with E-state index in [2.05, 4.69) is 5.32 Å². The van der Waals surface area contributed by atoms with Crippen LogP contribution in [0.4, 0.5) is 0 Å². The molecule has 0 spiro atoms. The lowest BCUT2D eigenvalue weighted by atomic mass is 9.83. The summed E-state index contributed by atoms with van der Waals surface area (Å²) in [6, 6.07) is 10.1. The molecule has 3 heteroatoms. The molecule has 1 atom stereocenters. The Bertz CT molecular complexity index is 398. The zero-order chi connectivity index (χ0) is 12.5. The summed E-state index contributed by atoms with van der Waals surface area (Å²) in [4.78, 5) is 12.0.